The smallest absolute Gasteiger partial charge is 0.340 e. The Morgan fingerprint density at radius 1 is 1.37 bits per heavy atom. The molecule has 0 aliphatic rings. The number of ether oxygens (including phenoxy) is 1. The molecule has 1 rings (SSSR count). The second-order valence-corrected chi connectivity index (χ2v) is 4.75. The first kappa shape index (κ1) is 15.6. The van der Waals surface area contributed by atoms with Crippen LogP contribution in [0.3, 0.4) is 0 Å². The third-order valence-corrected chi connectivity index (χ3v) is 3.03. The van der Waals surface area contributed by atoms with Gasteiger partial charge in [-0.15, -0.1) is 0 Å². The van der Waals surface area contributed by atoms with Gasteiger partial charge in [-0.2, -0.15) is 0 Å². The topological polar surface area (TPSA) is 29.5 Å². The quantitative estimate of drug-likeness (QED) is 0.561. The van der Waals surface area contributed by atoms with Crippen LogP contribution in [0.2, 0.25) is 0 Å². The van der Waals surface area contributed by atoms with Crippen molar-refractivity contribution in [2.24, 2.45) is 0 Å². The monoisotopic (exact) mass is 267 g/mol. The van der Waals surface area contributed by atoms with Crippen molar-refractivity contribution in [1.29, 1.82) is 0 Å². The van der Waals surface area contributed by atoms with Crippen molar-refractivity contribution in [3.63, 3.8) is 0 Å². The molecule has 0 aliphatic heterocycles. The molecule has 0 aliphatic carbocycles. The second-order valence-electron chi connectivity index (χ2n) is 4.75. The molecule has 3 nitrogen and oxygen atoms in total. The van der Waals surface area contributed by atoms with Gasteiger partial charge in [-0.3, -0.25) is 0 Å². The number of hydrogen-bond donors (Lipinski definition) is 0. The molecule has 0 amide bonds. The number of carbonyl (C=O) groups is 1. The zero-order valence-corrected chi connectivity index (χ0v) is 11.9. The van der Waals surface area contributed by atoms with E-state index in [4.69, 9.17) is 0 Å². The lowest BCUT2D eigenvalue weighted by molar-refractivity contribution is 0.0595. The van der Waals surface area contributed by atoms with E-state index < -0.39 is 11.8 Å². The van der Waals surface area contributed by atoms with Crippen LogP contribution in [-0.4, -0.2) is 31.6 Å². The Kier molecular flexibility index (Phi) is 6.50. The Balaban J connectivity index is 2.60. The summed E-state index contributed by atoms with van der Waals surface area (Å²) in [6.45, 7) is 3.84. The molecule has 0 radical (unpaired) electrons. The normalized spacial score (nSPS) is 10.8. The van der Waals surface area contributed by atoms with Gasteiger partial charge in [0.2, 0.25) is 0 Å². The van der Waals surface area contributed by atoms with Crippen molar-refractivity contribution >= 4 is 5.97 Å². The Morgan fingerprint density at radius 3 is 2.68 bits per heavy atom. The molecule has 0 N–H and O–H groups in total. The fourth-order valence-corrected chi connectivity index (χ4v) is 1.95. The summed E-state index contributed by atoms with van der Waals surface area (Å²) in [6, 6.07) is 4.66. The first-order chi connectivity index (χ1) is 9.08. The lowest BCUT2D eigenvalue weighted by atomic mass is 10.1. The number of hydrogen-bond acceptors (Lipinski definition) is 3. The minimum atomic E-state index is -0.639. The average Bonchev–Trinajstić information content (AvgIpc) is 2.38. The van der Waals surface area contributed by atoms with E-state index in [9.17, 15) is 9.18 Å². The molecule has 0 spiro atoms. The molecular weight excluding hydrogens is 245 g/mol. The van der Waals surface area contributed by atoms with Crippen molar-refractivity contribution in [1.82, 2.24) is 4.90 Å². The maximum absolute atomic E-state index is 13.7. The molecule has 1 aromatic rings. The number of benzene rings is 1. The Labute approximate surface area is 114 Å². The number of halogens is 1. The summed E-state index contributed by atoms with van der Waals surface area (Å²) in [4.78, 5) is 13.4. The predicted molar refractivity (Wildman–Crippen MR) is 73.6 cm³/mol. The zero-order valence-electron chi connectivity index (χ0n) is 11.9. The summed E-state index contributed by atoms with van der Waals surface area (Å²) in [7, 11) is 3.26. The molecule has 0 unspecified atom stereocenters. The largest absolute Gasteiger partial charge is 0.465 e. The number of nitrogens with zero attached hydrogens (tertiary/aromatic N) is 1. The summed E-state index contributed by atoms with van der Waals surface area (Å²) >= 11 is 0. The van der Waals surface area contributed by atoms with Crippen LogP contribution in [0.4, 0.5) is 4.39 Å². The summed E-state index contributed by atoms with van der Waals surface area (Å²) in [5.74, 6) is -1.16. The number of methoxy groups -OCH3 is 1. The van der Waals surface area contributed by atoms with Crippen molar-refractivity contribution in [2.45, 2.75) is 32.7 Å². The third-order valence-electron chi connectivity index (χ3n) is 3.03. The zero-order chi connectivity index (χ0) is 14.3. The van der Waals surface area contributed by atoms with Crippen LogP contribution in [0.15, 0.2) is 18.2 Å². The van der Waals surface area contributed by atoms with Crippen LogP contribution in [0.25, 0.3) is 0 Å². The molecule has 0 atom stereocenters. The Morgan fingerprint density at radius 2 is 2.11 bits per heavy atom. The minimum Gasteiger partial charge on any atom is -0.465 e. The van der Waals surface area contributed by atoms with Gasteiger partial charge in [0.1, 0.15) is 5.82 Å². The molecule has 19 heavy (non-hydrogen) atoms. The molecule has 0 bridgehead atoms. The van der Waals surface area contributed by atoms with Crippen molar-refractivity contribution in [3.05, 3.63) is 35.1 Å². The maximum Gasteiger partial charge on any atom is 0.340 e. The van der Waals surface area contributed by atoms with Gasteiger partial charge in [0, 0.05) is 6.54 Å². The molecule has 4 heteroatoms. The van der Waals surface area contributed by atoms with Gasteiger partial charge in [-0.25, -0.2) is 9.18 Å². The van der Waals surface area contributed by atoms with E-state index in [2.05, 4.69) is 16.6 Å². The van der Waals surface area contributed by atoms with E-state index in [-0.39, 0.29) is 5.56 Å². The molecule has 0 aromatic heterocycles. The highest BCUT2D eigenvalue weighted by Crippen LogP contribution is 2.13. The third kappa shape index (κ3) is 4.99. The van der Waals surface area contributed by atoms with Crippen LogP contribution < -0.4 is 0 Å². The summed E-state index contributed by atoms with van der Waals surface area (Å²) in [5.41, 5.74) is 0.851. The maximum atomic E-state index is 13.7. The van der Waals surface area contributed by atoms with Crippen LogP contribution in [0.5, 0.6) is 0 Å². The Hall–Kier alpha value is -1.42. The van der Waals surface area contributed by atoms with E-state index >= 15 is 0 Å². The first-order valence-electron chi connectivity index (χ1n) is 6.63. The fraction of sp³-hybridized carbons (Fsp3) is 0.533. The summed E-state index contributed by atoms with van der Waals surface area (Å²) in [6.07, 6.45) is 3.55. The van der Waals surface area contributed by atoms with Crippen LogP contribution in [0, 0.1) is 5.82 Å². The highest BCUT2D eigenvalue weighted by Gasteiger charge is 2.12. The van der Waals surface area contributed by atoms with Crippen molar-refractivity contribution < 1.29 is 13.9 Å². The number of esters is 1. The summed E-state index contributed by atoms with van der Waals surface area (Å²) in [5, 5.41) is 0. The van der Waals surface area contributed by atoms with Gasteiger partial charge in [0.25, 0.3) is 0 Å². The number of unbranched alkanes of at least 4 members (excludes halogenated alkanes) is 2. The standard InChI is InChI=1S/C15H22FNO2/c1-4-5-6-9-17(2)11-12-7-8-13(14(16)10-12)15(18)19-3/h7-8,10H,4-6,9,11H2,1-3H3. The number of carbonyl (C=O) groups excluding carboxylic acids is 1. The van der Waals surface area contributed by atoms with Gasteiger partial charge in [0.15, 0.2) is 0 Å². The van der Waals surface area contributed by atoms with Gasteiger partial charge >= 0.3 is 5.97 Å². The predicted octanol–water partition coefficient (Wildman–Crippen LogP) is 3.23. The molecule has 0 saturated carbocycles. The van der Waals surface area contributed by atoms with Crippen molar-refractivity contribution in [2.75, 3.05) is 20.7 Å². The second kappa shape index (κ2) is 7.89. The van der Waals surface area contributed by atoms with E-state index in [0.717, 1.165) is 18.5 Å². The van der Waals surface area contributed by atoms with Crippen molar-refractivity contribution in [3.8, 4) is 0 Å². The minimum absolute atomic E-state index is 0.0140. The molecule has 0 saturated heterocycles. The molecule has 106 valence electrons. The van der Waals surface area contributed by atoms with Gasteiger partial charge in [-0.05, 0) is 37.7 Å². The fourth-order valence-electron chi connectivity index (χ4n) is 1.95. The SMILES string of the molecule is CCCCCN(C)Cc1ccc(C(=O)OC)c(F)c1. The van der Waals surface area contributed by atoms with Gasteiger partial charge < -0.3 is 9.64 Å². The highest BCUT2D eigenvalue weighted by molar-refractivity contribution is 5.89. The average molecular weight is 267 g/mol. The molecule has 0 heterocycles. The number of rotatable bonds is 7. The molecular formula is C15H22FNO2. The van der Waals surface area contributed by atoms with Crippen LogP contribution in [0.1, 0.15) is 42.1 Å². The summed E-state index contributed by atoms with van der Waals surface area (Å²) < 4.78 is 18.2. The Bertz CT molecular complexity index is 421. The van der Waals surface area contributed by atoms with E-state index in [0.29, 0.717) is 6.54 Å². The first-order valence-corrected chi connectivity index (χ1v) is 6.63. The molecule has 0 fully saturated rings. The van der Waals surface area contributed by atoms with E-state index in [1.54, 1.807) is 6.07 Å². The van der Waals surface area contributed by atoms with E-state index in [1.165, 1.54) is 32.1 Å². The van der Waals surface area contributed by atoms with Crippen LogP contribution in [-0.2, 0) is 11.3 Å². The van der Waals surface area contributed by atoms with E-state index in [1.807, 2.05) is 7.05 Å². The van der Waals surface area contributed by atoms with Gasteiger partial charge in [0.05, 0.1) is 12.7 Å². The lowest BCUT2D eigenvalue weighted by Crippen LogP contribution is -2.19. The van der Waals surface area contributed by atoms with Gasteiger partial charge in [-0.1, -0.05) is 25.8 Å². The molecule has 1 aromatic carbocycles. The lowest BCUT2D eigenvalue weighted by Gasteiger charge is -2.16. The van der Waals surface area contributed by atoms with Crippen LogP contribution >= 0.6 is 0 Å². The highest BCUT2D eigenvalue weighted by atomic mass is 19.1.